The van der Waals surface area contributed by atoms with Crippen LogP contribution in [-0.4, -0.2) is 11.6 Å². The fourth-order valence-corrected chi connectivity index (χ4v) is 1.89. The summed E-state index contributed by atoms with van der Waals surface area (Å²) >= 11 is 1.69. The maximum Gasteiger partial charge on any atom is 0.216 e. The topological polar surface area (TPSA) is 22.1 Å². The summed E-state index contributed by atoms with van der Waals surface area (Å²) in [6.45, 7) is 0.559. The van der Waals surface area contributed by atoms with E-state index in [9.17, 15) is 4.39 Å². The lowest BCUT2D eigenvalue weighted by Gasteiger charge is -2.04. The van der Waals surface area contributed by atoms with Crippen LogP contribution in [0.4, 0.5) is 4.39 Å². The van der Waals surface area contributed by atoms with Crippen LogP contribution in [0.2, 0.25) is 0 Å². The Labute approximate surface area is 91.4 Å². The predicted octanol–water partition coefficient (Wildman–Crippen LogP) is 2.90. The standard InChI is InChI=1S/C11H10FNOS/c12-11-8-9(3-5-13-11)14-6-4-10-2-1-7-15-10/h1-3,5,7-8H,4,6H2. The number of hydrogen-bond donors (Lipinski definition) is 0. The summed E-state index contributed by atoms with van der Waals surface area (Å²) in [4.78, 5) is 4.72. The minimum Gasteiger partial charge on any atom is -0.493 e. The highest BCUT2D eigenvalue weighted by Gasteiger charge is 1.98. The Bertz CT molecular complexity index is 416. The van der Waals surface area contributed by atoms with E-state index >= 15 is 0 Å². The van der Waals surface area contributed by atoms with E-state index in [0.717, 1.165) is 6.42 Å². The first-order chi connectivity index (χ1) is 7.34. The Morgan fingerprint density at radius 1 is 1.40 bits per heavy atom. The largest absolute Gasteiger partial charge is 0.493 e. The first-order valence-electron chi connectivity index (χ1n) is 4.61. The van der Waals surface area contributed by atoms with Crippen molar-refractivity contribution in [1.82, 2.24) is 4.98 Å². The van der Waals surface area contributed by atoms with Crippen LogP contribution in [-0.2, 0) is 6.42 Å². The second-order valence-electron chi connectivity index (χ2n) is 2.99. The second kappa shape index (κ2) is 4.89. The van der Waals surface area contributed by atoms with Gasteiger partial charge in [0.15, 0.2) is 0 Å². The Morgan fingerprint density at radius 2 is 2.33 bits per heavy atom. The Balaban J connectivity index is 1.83. The monoisotopic (exact) mass is 223 g/mol. The number of pyridine rings is 1. The van der Waals surface area contributed by atoms with E-state index in [2.05, 4.69) is 11.1 Å². The summed E-state index contributed by atoms with van der Waals surface area (Å²) in [5.41, 5.74) is 0. The summed E-state index contributed by atoms with van der Waals surface area (Å²) < 4.78 is 18.1. The molecule has 2 rings (SSSR count). The van der Waals surface area contributed by atoms with Gasteiger partial charge in [-0.05, 0) is 17.5 Å². The third kappa shape index (κ3) is 3.02. The fourth-order valence-electron chi connectivity index (χ4n) is 1.20. The summed E-state index contributed by atoms with van der Waals surface area (Å²) in [5, 5.41) is 2.03. The second-order valence-corrected chi connectivity index (χ2v) is 4.02. The zero-order valence-electron chi connectivity index (χ0n) is 8.02. The van der Waals surface area contributed by atoms with Gasteiger partial charge in [-0.1, -0.05) is 6.07 Å². The van der Waals surface area contributed by atoms with Crippen LogP contribution in [0.25, 0.3) is 0 Å². The summed E-state index contributed by atoms with van der Waals surface area (Å²) in [5.74, 6) is 0.0164. The van der Waals surface area contributed by atoms with Crippen molar-refractivity contribution < 1.29 is 9.13 Å². The fraction of sp³-hybridized carbons (Fsp3) is 0.182. The highest BCUT2D eigenvalue weighted by Crippen LogP contribution is 2.12. The molecule has 2 nitrogen and oxygen atoms in total. The van der Waals surface area contributed by atoms with Crippen molar-refractivity contribution in [3.05, 3.63) is 46.7 Å². The number of rotatable bonds is 4. The molecule has 0 bridgehead atoms. The summed E-state index contributed by atoms with van der Waals surface area (Å²) in [6, 6.07) is 7.00. The molecule has 0 spiro atoms. The number of hydrogen-bond acceptors (Lipinski definition) is 3. The number of ether oxygens (including phenoxy) is 1. The average molecular weight is 223 g/mol. The van der Waals surface area contributed by atoms with E-state index in [0.29, 0.717) is 12.4 Å². The minimum atomic E-state index is -0.511. The van der Waals surface area contributed by atoms with Gasteiger partial charge in [0.2, 0.25) is 5.95 Å². The lowest BCUT2D eigenvalue weighted by molar-refractivity contribution is 0.320. The molecule has 0 fully saturated rings. The van der Waals surface area contributed by atoms with Gasteiger partial charge < -0.3 is 4.74 Å². The van der Waals surface area contributed by atoms with Gasteiger partial charge in [0, 0.05) is 23.6 Å². The molecule has 15 heavy (non-hydrogen) atoms. The van der Waals surface area contributed by atoms with Crippen LogP contribution in [0.3, 0.4) is 0 Å². The molecule has 0 radical (unpaired) electrons. The molecule has 0 unspecified atom stereocenters. The van der Waals surface area contributed by atoms with Crippen molar-refractivity contribution >= 4 is 11.3 Å². The molecule has 0 saturated carbocycles. The van der Waals surface area contributed by atoms with Crippen LogP contribution in [0.15, 0.2) is 35.8 Å². The van der Waals surface area contributed by atoms with E-state index in [1.807, 2.05) is 11.4 Å². The van der Waals surface area contributed by atoms with Gasteiger partial charge in [-0.25, -0.2) is 4.98 Å². The molecule has 2 aromatic heterocycles. The quantitative estimate of drug-likeness (QED) is 0.743. The van der Waals surface area contributed by atoms with Crippen molar-refractivity contribution in [3.63, 3.8) is 0 Å². The van der Waals surface area contributed by atoms with Crippen molar-refractivity contribution in [1.29, 1.82) is 0 Å². The molecule has 4 heteroatoms. The minimum absolute atomic E-state index is 0.511. The Hall–Kier alpha value is -1.42. The first-order valence-corrected chi connectivity index (χ1v) is 5.49. The van der Waals surface area contributed by atoms with Gasteiger partial charge in [-0.15, -0.1) is 11.3 Å². The molecule has 0 saturated heterocycles. The maximum atomic E-state index is 12.7. The van der Waals surface area contributed by atoms with Crippen LogP contribution < -0.4 is 4.74 Å². The molecule has 0 aliphatic heterocycles. The molecule has 2 aromatic rings. The molecular formula is C11H10FNOS. The maximum absolute atomic E-state index is 12.7. The van der Waals surface area contributed by atoms with Gasteiger partial charge in [0.25, 0.3) is 0 Å². The molecule has 0 aliphatic rings. The number of nitrogens with zero attached hydrogens (tertiary/aromatic N) is 1. The zero-order valence-corrected chi connectivity index (χ0v) is 8.84. The van der Waals surface area contributed by atoms with Gasteiger partial charge in [0.05, 0.1) is 6.61 Å². The van der Waals surface area contributed by atoms with Crippen LogP contribution in [0.1, 0.15) is 4.88 Å². The molecule has 0 aliphatic carbocycles. The molecule has 78 valence electrons. The molecule has 2 heterocycles. The molecule has 0 aromatic carbocycles. The van der Waals surface area contributed by atoms with Crippen LogP contribution >= 0.6 is 11.3 Å². The van der Waals surface area contributed by atoms with Crippen LogP contribution in [0.5, 0.6) is 5.75 Å². The summed E-state index contributed by atoms with van der Waals surface area (Å²) in [7, 11) is 0. The summed E-state index contributed by atoms with van der Waals surface area (Å²) in [6.07, 6.45) is 2.25. The molecule has 0 N–H and O–H groups in total. The SMILES string of the molecule is Fc1cc(OCCc2cccs2)ccn1. The van der Waals surface area contributed by atoms with E-state index in [1.165, 1.54) is 17.1 Å². The van der Waals surface area contributed by atoms with E-state index in [1.54, 1.807) is 17.4 Å². The highest BCUT2D eigenvalue weighted by atomic mass is 32.1. The number of halogens is 1. The predicted molar refractivity (Wildman–Crippen MR) is 57.7 cm³/mol. The van der Waals surface area contributed by atoms with E-state index in [-0.39, 0.29) is 0 Å². The number of aromatic nitrogens is 1. The molecule has 0 amide bonds. The smallest absolute Gasteiger partial charge is 0.216 e. The third-order valence-corrected chi connectivity index (χ3v) is 2.83. The molecule has 0 atom stereocenters. The Morgan fingerprint density at radius 3 is 3.07 bits per heavy atom. The third-order valence-electron chi connectivity index (χ3n) is 1.90. The van der Waals surface area contributed by atoms with Crippen molar-refractivity contribution in [3.8, 4) is 5.75 Å². The Kier molecular flexibility index (Phi) is 3.29. The lowest BCUT2D eigenvalue weighted by atomic mass is 10.3. The lowest BCUT2D eigenvalue weighted by Crippen LogP contribution is -2.00. The van der Waals surface area contributed by atoms with Crippen LogP contribution in [0, 0.1) is 5.95 Å². The molecular weight excluding hydrogens is 213 g/mol. The van der Waals surface area contributed by atoms with Gasteiger partial charge in [-0.3, -0.25) is 0 Å². The van der Waals surface area contributed by atoms with Gasteiger partial charge in [-0.2, -0.15) is 4.39 Å². The normalized spacial score (nSPS) is 10.2. The highest BCUT2D eigenvalue weighted by molar-refractivity contribution is 7.09. The van der Waals surface area contributed by atoms with E-state index < -0.39 is 5.95 Å². The van der Waals surface area contributed by atoms with E-state index in [4.69, 9.17) is 4.74 Å². The average Bonchev–Trinajstić information content (AvgIpc) is 2.71. The number of thiophene rings is 1. The zero-order chi connectivity index (χ0) is 10.5. The van der Waals surface area contributed by atoms with Crippen molar-refractivity contribution in [2.45, 2.75) is 6.42 Å². The van der Waals surface area contributed by atoms with Crippen molar-refractivity contribution in [2.75, 3.05) is 6.61 Å². The first kappa shape index (κ1) is 10.1. The van der Waals surface area contributed by atoms with Gasteiger partial charge in [0.1, 0.15) is 5.75 Å². The van der Waals surface area contributed by atoms with Crippen molar-refractivity contribution in [2.24, 2.45) is 0 Å². The van der Waals surface area contributed by atoms with Gasteiger partial charge >= 0.3 is 0 Å².